The van der Waals surface area contributed by atoms with E-state index in [0.29, 0.717) is 38.2 Å². The second-order valence-corrected chi connectivity index (χ2v) is 12.2. The molecule has 6 rings (SSSR count). The minimum atomic E-state index is -0.816. The number of nitrogens with zero attached hydrogens (tertiary/aromatic N) is 1. The lowest BCUT2D eigenvalue weighted by molar-refractivity contribution is -0.122. The molecule has 0 aliphatic carbocycles. The Kier molecular flexibility index (Phi) is 7.97. The predicted molar refractivity (Wildman–Crippen MR) is 163 cm³/mol. The zero-order valence-electron chi connectivity index (χ0n) is 23.1. The van der Waals surface area contributed by atoms with Crippen molar-refractivity contribution >= 4 is 58.2 Å². The van der Waals surface area contributed by atoms with Crippen LogP contribution < -0.4 is 19.8 Å². The summed E-state index contributed by atoms with van der Waals surface area (Å²) in [5.41, 5.74) is 1.77. The van der Waals surface area contributed by atoms with Gasteiger partial charge in [-0.1, -0.05) is 35.2 Å². The van der Waals surface area contributed by atoms with Gasteiger partial charge in [0.2, 0.25) is 11.8 Å². The van der Waals surface area contributed by atoms with E-state index >= 15 is 0 Å². The molecule has 3 aromatic carbocycles. The van der Waals surface area contributed by atoms with E-state index in [0.717, 1.165) is 28.0 Å². The van der Waals surface area contributed by atoms with Gasteiger partial charge < -0.3 is 24.9 Å². The molecule has 44 heavy (non-hydrogen) atoms. The molecule has 3 N–H and O–H groups in total. The van der Waals surface area contributed by atoms with Gasteiger partial charge in [-0.2, -0.15) is 0 Å². The third kappa shape index (κ3) is 5.58. The molecule has 1 aromatic heterocycles. The van der Waals surface area contributed by atoms with Crippen LogP contribution in [0.1, 0.15) is 33.6 Å². The number of aromatic nitrogens is 1. The van der Waals surface area contributed by atoms with Gasteiger partial charge in [0.05, 0.1) is 28.8 Å². The molecule has 0 bridgehead atoms. The van der Waals surface area contributed by atoms with Crippen molar-refractivity contribution in [2.45, 2.75) is 23.1 Å². The number of hydrogen-bond donors (Lipinski definition) is 3. The Morgan fingerprint density at radius 1 is 1.00 bits per heavy atom. The molecule has 1 saturated heterocycles. The fourth-order valence-corrected chi connectivity index (χ4v) is 7.80. The molecule has 224 valence electrons. The number of imide groups is 1. The highest BCUT2D eigenvalue weighted by Crippen LogP contribution is 2.53. The normalized spacial score (nSPS) is 18.8. The quantitative estimate of drug-likeness (QED) is 0.148. The largest absolute Gasteiger partial charge is 0.508 e. The Hall–Kier alpha value is -4.88. The molecule has 0 radical (unpaired) electrons. The fraction of sp³-hybridized carbons (Fsp3) is 0.194. The molecular weight excluding hydrogens is 606 g/mol. The average molecular weight is 632 g/mol. The van der Waals surface area contributed by atoms with E-state index in [1.807, 2.05) is 0 Å². The second-order valence-electron chi connectivity index (χ2n) is 9.99. The van der Waals surface area contributed by atoms with Gasteiger partial charge in [0.1, 0.15) is 16.7 Å². The van der Waals surface area contributed by atoms with Crippen LogP contribution in [0.4, 0.5) is 11.4 Å². The number of carbonyl (C=O) groups excluding carboxylic acids is 4. The van der Waals surface area contributed by atoms with Crippen LogP contribution in [0, 0.1) is 5.92 Å². The zero-order chi connectivity index (χ0) is 31.0. The van der Waals surface area contributed by atoms with Crippen molar-refractivity contribution in [3.05, 3.63) is 98.5 Å². The summed E-state index contributed by atoms with van der Waals surface area (Å²) in [6.45, 7) is 1.62. The number of nitrogens with one attached hydrogen (secondary N) is 2. The van der Waals surface area contributed by atoms with Gasteiger partial charge in [-0.3, -0.25) is 19.2 Å². The molecule has 11 nitrogen and oxygen atoms in total. The van der Waals surface area contributed by atoms with Crippen molar-refractivity contribution in [1.82, 2.24) is 4.98 Å². The smallest absolute Gasteiger partial charge is 0.338 e. The van der Waals surface area contributed by atoms with E-state index in [1.165, 1.54) is 36.4 Å². The van der Waals surface area contributed by atoms with E-state index in [4.69, 9.17) is 9.47 Å². The highest BCUT2D eigenvalue weighted by atomic mass is 32.2. The Bertz CT molecular complexity index is 1820. The number of phenolic OH excluding ortho intramolecular Hbond substituents is 1. The van der Waals surface area contributed by atoms with E-state index in [9.17, 15) is 29.1 Å². The highest BCUT2D eigenvalue weighted by molar-refractivity contribution is 8.00. The highest BCUT2D eigenvalue weighted by Gasteiger charge is 2.56. The first kappa shape index (κ1) is 29.2. The van der Waals surface area contributed by atoms with E-state index in [1.54, 1.807) is 43.3 Å². The first-order valence-corrected chi connectivity index (χ1v) is 15.3. The first-order valence-electron chi connectivity index (χ1n) is 13.6. The summed E-state index contributed by atoms with van der Waals surface area (Å²) in [4.78, 5) is 68.9. The molecule has 3 amide bonds. The van der Waals surface area contributed by atoms with Gasteiger partial charge in [-0.15, -0.1) is 0 Å². The minimum absolute atomic E-state index is 0.0764. The minimum Gasteiger partial charge on any atom is -0.508 e. The summed E-state index contributed by atoms with van der Waals surface area (Å²) in [6, 6.07) is 19.0. The monoisotopic (exact) mass is 631 g/mol. The standard InChI is InChI=1S/C31H25N3O8S2/c1-2-41-30(39)16-6-10-19(11-7-16)34-28(37)24-23(25-27(33-31(40)44-25)43-26(24)29(34)38)17-4-3-5-21(14-17)42-15-22(36)32-18-8-12-20(35)13-9-18/h3-14,23-24,26,35H,2,15H2,1H3,(H,32,36)(H,33,40)/t23-,24?,26?/m1/s1. The number of carbonyl (C=O) groups is 4. The number of phenols is 1. The SMILES string of the molecule is CCOC(=O)c1ccc(N2C(=O)C3Sc4[nH]c(=O)sc4[C@H](c4cccc(OCC(=O)Nc5ccc(O)cc5)c4)C3C2=O)cc1. The summed E-state index contributed by atoms with van der Waals surface area (Å²) in [6.07, 6.45) is 0. The molecule has 4 aromatic rings. The lowest BCUT2D eigenvalue weighted by Crippen LogP contribution is -2.32. The van der Waals surface area contributed by atoms with E-state index in [2.05, 4.69) is 10.3 Å². The van der Waals surface area contributed by atoms with Crippen molar-refractivity contribution in [2.24, 2.45) is 5.92 Å². The number of anilines is 2. The van der Waals surface area contributed by atoms with Gasteiger partial charge in [0.25, 0.3) is 5.91 Å². The third-order valence-corrected chi connectivity index (χ3v) is 9.60. The number of fused-ring (bicyclic) bond motifs is 2. The van der Waals surface area contributed by atoms with Crippen molar-refractivity contribution in [3.8, 4) is 11.5 Å². The second kappa shape index (κ2) is 12.0. The maximum atomic E-state index is 14.0. The molecular formula is C31H25N3O8S2. The number of thiazole rings is 1. The predicted octanol–water partition coefficient (Wildman–Crippen LogP) is 4.13. The number of thioether (sulfide) groups is 1. The van der Waals surface area contributed by atoms with Gasteiger partial charge in [-0.25, -0.2) is 9.69 Å². The molecule has 2 unspecified atom stereocenters. The lowest BCUT2D eigenvalue weighted by atomic mass is 9.83. The molecule has 3 heterocycles. The summed E-state index contributed by atoms with van der Waals surface area (Å²) in [7, 11) is 0. The van der Waals surface area contributed by atoms with E-state index < -0.39 is 40.8 Å². The summed E-state index contributed by atoms with van der Waals surface area (Å²) in [5, 5.41) is 11.8. The van der Waals surface area contributed by atoms with Gasteiger partial charge in [-0.05, 0) is 73.2 Å². The molecule has 2 aliphatic rings. The van der Waals surface area contributed by atoms with Gasteiger partial charge in [0.15, 0.2) is 6.61 Å². The Balaban J connectivity index is 1.26. The Labute approximate surface area is 258 Å². The number of aromatic amines is 1. The number of hydrogen-bond acceptors (Lipinski definition) is 10. The maximum absolute atomic E-state index is 14.0. The van der Waals surface area contributed by atoms with Crippen LogP contribution >= 0.6 is 23.1 Å². The van der Waals surface area contributed by atoms with Crippen LogP contribution in [0.25, 0.3) is 0 Å². The number of benzene rings is 3. The molecule has 2 aliphatic heterocycles. The summed E-state index contributed by atoms with van der Waals surface area (Å²) in [5.74, 6) is -2.77. The van der Waals surface area contributed by atoms with Crippen molar-refractivity contribution < 1.29 is 33.8 Å². The maximum Gasteiger partial charge on any atom is 0.338 e. The Morgan fingerprint density at radius 3 is 2.48 bits per heavy atom. The van der Waals surface area contributed by atoms with Crippen molar-refractivity contribution in [2.75, 3.05) is 23.4 Å². The van der Waals surface area contributed by atoms with Crippen LogP contribution in [0.5, 0.6) is 11.5 Å². The number of rotatable bonds is 8. The fourth-order valence-electron chi connectivity index (χ4n) is 5.28. The first-order chi connectivity index (χ1) is 21.2. The molecule has 1 fully saturated rings. The van der Waals surface area contributed by atoms with Crippen LogP contribution in [0.15, 0.2) is 82.6 Å². The third-order valence-electron chi connectivity index (χ3n) is 7.20. The molecule has 3 atom stereocenters. The number of ether oxygens (including phenoxy) is 2. The number of aromatic hydroxyl groups is 1. The zero-order valence-corrected chi connectivity index (χ0v) is 24.8. The molecule has 0 spiro atoms. The molecule has 13 heteroatoms. The summed E-state index contributed by atoms with van der Waals surface area (Å²) >= 11 is 2.15. The van der Waals surface area contributed by atoms with Crippen molar-refractivity contribution in [1.29, 1.82) is 0 Å². The lowest BCUT2D eigenvalue weighted by Gasteiger charge is -2.30. The van der Waals surface area contributed by atoms with Crippen LogP contribution in [-0.2, 0) is 19.1 Å². The topological polar surface area (TPSA) is 155 Å². The average Bonchev–Trinajstić information content (AvgIpc) is 3.51. The molecule has 0 saturated carbocycles. The van der Waals surface area contributed by atoms with Gasteiger partial charge >= 0.3 is 10.8 Å². The van der Waals surface area contributed by atoms with Crippen LogP contribution in [0.2, 0.25) is 0 Å². The van der Waals surface area contributed by atoms with Crippen LogP contribution in [0.3, 0.4) is 0 Å². The summed E-state index contributed by atoms with van der Waals surface area (Å²) < 4.78 is 10.8. The number of esters is 1. The van der Waals surface area contributed by atoms with Crippen molar-refractivity contribution in [3.63, 3.8) is 0 Å². The number of amides is 3. The van der Waals surface area contributed by atoms with Crippen LogP contribution in [-0.4, -0.2) is 52.2 Å². The van der Waals surface area contributed by atoms with Gasteiger partial charge in [0, 0.05) is 16.5 Å². The number of H-pyrrole nitrogens is 1. The van der Waals surface area contributed by atoms with E-state index in [-0.39, 0.29) is 23.8 Å². The Morgan fingerprint density at radius 2 is 1.75 bits per heavy atom.